The SMILES string of the molecule is CCCS(=O)(=O)NCC(C)CCC1CNc2c(F)cc(O)cc2C1C. The Bertz CT molecular complexity index is 694. The van der Waals surface area contributed by atoms with Gasteiger partial charge in [-0.05, 0) is 48.6 Å². The van der Waals surface area contributed by atoms with Crippen LogP contribution in [0, 0.1) is 17.7 Å². The lowest BCUT2D eigenvalue weighted by Gasteiger charge is -2.33. The molecular formula is C18H29FN2O3S. The van der Waals surface area contributed by atoms with Crippen molar-refractivity contribution >= 4 is 15.7 Å². The van der Waals surface area contributed by atoms with Crippen molar-refractivity contribution in [1.82, 2.24) is 4.72 Å². The predicted octanol–water partition coefficient (Wildman–Crippen LogP) is 3.42. The topological polar surface area (TPSA) is 78.4 Å². The average molecular weight is 373 g/mol. The normalized spacial score (nSPS) is 21.4. The Balaban J connectivity index is 1.89. The third-order valence-corrected chi connectivity index (χ3v) is 6.55. The van der Waals surface area contributed by atoms with E-state index in [1.807, 2.05) is 13.8 Å². The maximum absolute atomic E-state index is 13.9. The van der Waals surface area contributed by atoms with Crippen LogP contribution in [0.25, 0.3) is 0 Å². The molecule has 1 aliphatic rings. The highest BCUT2D eigenvalue weighted by Gasteiger charge is 2.28. The fraction of sp³-hybridized carbons (Fsp3) is 0.667. The molecule has 2 rings (SSSR count). The smallest absolute Gasteiger partial charge is 0.211 e. The lowest BCUT2D eigenvalue weighted by Crippen LogP contribution is -2.31. The molecule has 0 aliphatic carbocycles. The van der Waals surface area contributed by atoms with Crippen molar-refractivity contribution in [2.45, 2.75) is 46.0 Å². The van der Waals surface area contributed by atoms with Gasteiger partial charge in [0.05, 0.1) is 11.4 Å². The van der Waals surface area contributed by atoms with E-state index in [9.17, 15) is 17.9 Å². The molecule has 5 nitrogen and oxygen atoms in total. The Morgan fingerprint density at radius 1 is 1.44 bits per heavy atom. The van der Waals surface area contributed by atoms with Gasteiger partial charge in [0.25, 0.3) is 0 Å². The molecule has 0 spiro atoms. The van der Waals surface area contributed by atoms with Crippen LogP contribution in [0.2, 0.25) is 0 Å². The van der Waals surface area contributed by atoms with Gasteiger partial charge < -0.3 is 10.4 Å². The third-order valence-electron chi connectivity index (χ3n) is 5.00. The van der Waals surface area contributed by atoms with Crippen molar-refractivity contribution in [2.75, 3.05) is 24.2 Å². The molecular weight excluding hydrogens is 343 g/mol. The first kappa shape index (κ1) is 20.0. The molecule has 25 heavy (non-hydrogen) atoms. The molecule has 0 bridgehead atoms. The van der Waals surface area contributed by atoms with Crippen molar-refractivity contribution in [2.24, 2.45) is 11.8 Å². The lowest BCUT2D eigenvalue weighted by atomic mass is 9.79. The molecule has 7 heteroatoms. The molecule has 1 aromatic carbocycles. The summed E-state index contributed by atoms with van der Waals surface area (Å²) in [4.78, 5) is 0. The lowest BCUT2D eigenvalue weighted by molar-refractivity contribution is 0.368. The van der Waals surface area contributed by atoms with Crippen LogP contribution in [-0.4, -0.2) is 32.4 Å². The van der Waals surface area contributed by atoms with E-state index >= 15 is 0 Å². The Hall–Kier alpha value is -1.34. The van der Waals surface area contributed by atoms with Gasteiger partial charge in [-0.25, -0.2) is 17.5 Å². The number of halogens is 1. The molecule has 0 saturated carbocycles. The summed E-state index contributed by atoms with van der Waals surface area (Å²) in [6, 6.07) is 2.76. The van der Waals surface area contributed by atoms with Crippen molar-refractivity contribution in [3.63, 3.8) is 0 Å². The highest BCUT2D eigenvalue weighted by Crippen LogP contribution is 2.40. The number of sulfonamides is 1. The molecule has 1 aliphatic heterocycles. The van der Waals surface area contributed by atoms with E-state index in [2.05, 4.69) is 17.0 Å². The number of anilines is 1. The molecule has 3 atom stereocenters. The average Bonchev–Trinajstić information content (AvgIpc) is 2.53. The Morgan fingerprint density at radius 2 is 2.16 bits per heavy atom. The third kappa shape index (κ3) is 5.31. The van der Waals surface area contributed by atoms with Crippen LogP contribution in [0.4, 0.5) is 10.1 Å². The van der Waals surface area contributed by atoms with Crippen LogP contribution in [0.5, 0.6) is 5.75 Å². The zero-order chi connectivity index (χ0) is 18.6. The zero-order valence-electron chi connectivity index (χ0n) is 15.2. The maximum Gasteiger partial charge on any atom is 0.211 e. The fourth-order valence-electron chi connectivity index (χ4n) is 3.39. The van der Waals surface area contributed by atoms with Gasteiger partial charge in [-0.1, -0.05) is 20.8 Å². The second-order valence-electron chi connectivity index (χ2n) is 7.17. The van der Waals surface area contributed by atoms with Gasteiger partial charge in [0, 0.05) is 19.2 Å². The molecule has 1 aromatic rings. The second-order valence-corrected chi connectivity index (χ2v) is 9.10. The minimum atomic E-state index is -3.16. The van der Waals surface area contributed by atoms with Gasteiger partial charge in [0.2, 0.25) is 10.0 Å². The Morgan fingerprint density at radius 3 is 2.84 bits per heavy atom. The number of benzene rings is 1. The van der Waals surface area contributed by atoms with Crippen LogP contribution in [-0.2, 0) is 10.0 Å². The quantitative estimate of drug-likeness (QED) is 0.611. The number of aromatic hydroxyl groups is 1. The molecule has 3 N–H and O–H groups in total. The highest BCUT2D eigenvalue weighted by atomic mass is 32.2. The molecule has 142 valence electrons. The number of hydrogen-bond donors (Lipinski definition) is 3. The van der Waals surface area contributed by atoms with Crippen molar-refractivity contribution in [3.8, 4) is 5.75 Å². The van der Waals surface area contributed by atoms with Crippen molar-refractivity contribution in [1.29, 1.82) is 0 Å². The van der Waals surface area contributed by atoms with Gasteiger partial charge in [-0.3, -0.25) is 0 Å². The molecule has 0 amide bonds. The van der Waals surface area contributed by atoms with Gasteiger partial charge in [-0.2, -0.15) is 0 Å². The zero-order valence-corrected chi connectivity index (χ0v) is 16.0. The Kier molecular flexibility index (Phi) is 6.68. The standard InChI is InChI=1S/C18H29FN2O3S/c1-4-7-25(23,24)21-10-12(2)5-6-14-11-20-18-16(13(14)3)8-15(22)9-17(18)19/h8-9,12-14,20-22H,4-7,10-11H2,1-3H3. The summed E-state index contributed by atoms with van der Waals surface area (Å²) in [5.74, 6) is 0.393. The van der Waals surface area contributed by atoms with Crippen LogP contribution in [0.15, 0.2) is 12.1 Å². The molecule has 0 fully saturated rings. The summed E-state index contributed by atoms with van der Waals surface area (Å²) < 4.78 is 40.0. The first-order valence-corrected chi connectivity index (χ1v) is 10.6. The van der Waals surface area contributed by atoms with E-state index in [-0.39, 0.29) is 23.3 Å². The van der Waals surface area contributed by atoms with Crippen molar-refractivity contribution < 1.29 is 17.9 Å². The van der Waals surface area contributed by atoms with Crippen LogP contribution >= 0.6 is 0 Å². The van der Waals surface area contributed by atoms with Crippen LogP contribution in [0.1, 0.15) is 51.5 Å². The largest absolute Gasteiger partial charge is 0.508 e. The minimum absolute atomic E-state index is 0.0516. The monoisotopic (exact) mass is 372 g/mol. The summed E-state index contributed by atoms with van der Waals surface area (Å²) in [5, 5.41) is 12.8. The molecule has 1 heterocycles. The van der Waals surface area contributed by atoms with Crippen LogP contribution in [0.3, 0.4) is 0 Å². The van der Waals surface area contributed by atoms with E-state index in [4.69, 9.17) is 0 Å². The van der Waals surface area contributed by atoms with Crippen molar-refractivity contribution in [3.05, 3.63) is 23.5 Å². The summed E-state index contributed by atoms with van der Waals surface area (Å²) in [7, 11) is -3.16. The fourth-order valence-corrected chi connectivity index (χ4v) is 4.61. The summed E-state index contributed by atoms with van der Waals surface area (Å²) in [6.07, 6.45) is 2.42. The highest BCUT2D eigenvalue weighted by molar-refractivity contribution is 7.89. The Labute approximate surface area is 150 Å². The number of rotatable bonds is 8. The number of phenols is 1. The number of nitrogens with one attached hydrogen (secondary N) is 2. The van der Waals surface area contributed by atoms with E-state index in [0.717, 1.165) is 24.5 Å². The first-order chi connectivity index (χ1) is 11.7. The molecule has 0 radical (unpaired) electrons. The van der Waals surface area contributed by atoms with E-state index in [1.165, 1.54) is 0 Å². The van der Waals surface area contributed by atoms with Crippen LogP contribution < -0.4 is 10.0 Å². The van der Waals surface area contributed by atoms with Gasteiger partial charge >= 0.3 is 0 Å². The van der Waals surface area contributed by atoms with Gasteiger partial charge in [-0.15, -0.1) is 0 Å². The van der Waals surface area contributed by atoms with E-state index < -0.39 is 15.8 Å². The van der Waals surface area contributed by atoms with Gasteiger partial charge in [0.1, 0.15) is 11.6 Å². The summed E-state index contributed by atoms with van der Waals surface area (Å²) in [6.45, 7) is 7.07. The van der Waals surface area contributed by atoms with E-state index in [0.29, 0.717) is 31.1 Å². The number of hydrogen-bond acceptors (Lipinski definition) is 4. The molecule has 3 unspecified atom stereocenters. The second kappa shape index (κ2) is 8.36. The predicted molar refractivity (Wildman–Crippen MR) is 98.9 cm³/mol. The minimum Gasteiger partial charge on any atom is -0.508 e. The number of fused-ring (bicyclic) bond motifs is 1. The van der Waals surface area contributed by atoms with E-state index in [1.54, 1.807) is 6.07 Å². The summed E-state index contributed by atoms with van der Waals surface area (Å²) in [5.41, 5.74) is 1.30. The number of phenolic OH excluding ortho intramolecular Hbond substituents is 1. The van der Waals surface area contributed by atoms with Gasteiger partial charge in [0.15, 0.2) is 0 Å². The summed E-state index contributed by atoms with van der Waals surface area (Å²) >= 11 is 0. The first-order valence-electron chi connectivity index (χ1n) is 8.97. The molecule has 0 aromatic heterocycles. The molecule has 0 saturated heterocycles. The maximum atomic E-state index is 13.9.